The van der Waals surface area contributed by atoms with Crippen molar-refractivity contribution in [1.82, 2.24) is 4.98 Å². The van der Waals surface area contributed by atoms with Crippen LogP contribution in [0.4, 0.5) is 5.69 Å². The van der Waals surface area contributed by atoms with Gasteiger partial charge in [-0.15, -0.1) is 11.3 Å². The summed E-state index contributed by atoms with van der Waals surface area (Å²) in [6.07, 6.45) is 0.677. The van der Waals surface area contributed by atoms with Crippen LogP contribution in [0.2, 0.25) is 5.02 Å². The highest BCUT2D eigenvalue weighted by molar-refractivity contribution is 7.93. The van der Waals surface area contributed by atoms with Gasteiger partial charge >= 0.3 is 0 Å². The van der Waals surface area contributed by atoms with Crippen molar-refractivity contribution in [2.75, 3.05) is 10.8 Å². The smallest absolute Gasteiger partial charge is 0.265 e. The molecule has 4 nitrogen and oxygen atoms in total. The van der Waals surface area contributed by atoms with Crippen molar-refractivity contribution < 1.29 is 8.42 Å². The van der Waals surface area contributed by atoms with Gasteiger partial charge in [0.25, 0.3) is 10.0 Å². The summed E-state index contributed by atoms with van der Waals surface area (Å²) in [6, 6.07) is 12.4. The lowest BCUT2D eigenvalue weighted by molar-refractivity contribution is 0.592. The molecule has 2 aromatic carbocycles. The fourth-order valence-electron chi connectivity index (χ4n) is 3.05. The molecule has 3 aromatic rings. The third-order valence-electron chi connectivity index (χ3n) is 4.25. The van der Waals surface area contributed by atoms with Gasteiger partial charge in [0.1, 0.15) is 4.90 Å². The Kier molecular flexibility index (Phi) is 4.06. The Morgan fingerprint density at radius 3 is 2.72 bits per heavy atom. The molecule has 2 heterocycles. The SMILES string of the molecule is Cc1nc(-c2ccc3c(c2)CCN3S(=O)(=O)c2ccccc2Cl)cs1. The second kappa shape index (κ2) is 6.12. The molecule has 4 rings (SSSR count). The van der Waals surface area contributed by atoms with Crippen LogP contribution in [0.25, 0.3) is 11.3 Å². The van der Waals surface area contributed by atoms with E-state index in [1.165, 1.54) is 4.31 Å². The number of rotatable bonds is 3. The van der Waals surface area contributed by atoms with E-state index in [1.54, 1.807) is 35.6 Å². The van der Waals surface area contributed by atoms with Gasteiger partial charge in [-0.3, -0.25) is 4.31 Å². The van der Waals surface area contributed by atoms with Crippen molar-refractivity contribution in [3.8, 4) is 11.3 Å². The zero-order valence-corrected chi connectivity index (χ0v) is 15.8. The van der Waals surface area contributed by atoms with Crippen LogP contribution >= 0.6 is 22.9 Å². The van der Waals surface area contributed by atoms with Crippen molar-refractivity contribution in [2.24, 2.45) is 0 Å². The molecule has 0 spiro atoms. The summed E-state index contributed by atoms with van der Waals surface area (Å²) in [4.78, 5) is 4.64. The molecule has 128 valence electrons. The Morgan fingerprint density at radius 2 is 2.00 bits per heavy atom. The first-order chi connectivity index (χ1) is 12.0. The summed E-state index contributed by atoms with van der Waals surface area (Å²) in [6.45, 7) is 2.39. The average molecular weight is 391 g/mol. The molecule has 0 radical (unpaired) electrons. The molecule has 1 aliphatic rings. The van der Waals surface area contributed by atoms with E-state index in [4.69, 9.17) is 11.6 Å². The average Bonchev–Trinajstić information content (AvgIpc) is 3.20. The number of hydrogen-bond donors (Lipinski definition) is 0. The second-order valence-corrected chi connectivity index (χ2v) is 9.15. The molecule has 7 heteroatoms. The van der Waals surface area contributed by atoms with Gasteiger partial charge in [-0.1, -0.05) is 29.8 Å². The van der Waals surface area contributed by atoms with Crippen molar-refractivity contribution >= 4 is 38.6 Å². The van der Waals surface area contributed by atoms with Gasteiger partial charge in [0, 0.05) is 17.5 Å². The lowest BCUT2D eigenvalue weighted by Crippen LogP contribution is -2.29. The van der Waals surface area contributed by atoms with Crippen LogP contribution in [0.3, 0.4) is 0 Å². The van der Waals surface area contributed by atoms with Crippen molar-refractivity contribution in [3.05, 3.63) is 63.4 Å². The second-order valence-electron chi connectivity index (χ2n) is 5.85. The van der Waals surface area contributed by atoms with E-state index >= 15 is 0 Å². The van der Waals surface area contributed by atoms with E-state index < -0.39 is 10.0 Å². The Balaban J connectivity index is 1.74. The van der Waals surface area contributed by atoms with E-state index in [2.05, 4.69) is 4.98 Å². The fraction of sp³-hybridized carbons (Fsp3) is 0.167. The number of aromatic nitrogens is 1. The molecule has 0 bridgehead atoms. The first-order valence-corrected chi connectivity index (χ1v) is 10.5. The highest BCUT2D eigenvalue weighted by Crippen LogP contribution is 2.37. The van der Waals surface area contributed by atoms with Gasteiger partial charge in [-0.05, 0) is 43.2 Å². The van der Waals surface area contributed by atoms with E-state index in [-0.39, 0.29) is 9.92 Å². The number of anilines is 1. The van der Waals surface area contributed by atoms with Crippen LogP contribution in [-0.4, -0.2) is 19.9 Å². The number of hydrogen-bond acceptors (Lipinski definition) is 4. The predicted molar refractivity (Wildman–Crippen MR) is 102 cm³/mol. The highest BCUT2D eigenvalue weighted by atomic mass is 35.5. The first-order valence-electron chi connectivity index (χ1n) is 7.79. The summed E-state index contributed by atoms with van der Waals surface area (Å²) < 4.78 is 27.5. The standard InChI is InChI=1S/C18H15ClN2O2S2/c1-12-20-16(11-24-12)13-6-7-17-14(10-13)8-9-21(17)25(22,23)18-5-3-2-4-15(18)19/h2-7,10-11H,8-9H2,1H3. The predicted octanol–water partition coefficient (Wildman–Crippen LogP) is 4.52. The maximum atomic E-state index is 13.0. The number of benzene rings is 2. The molecular weight excluding hydrogens is 376 g/mol. The molecule has 1 aromatic heterocycles. The number of halogens is 1. The molecule has 0 N–H and O–H groups in total. The Hall–Kier alpha value is -1.89. The van der Waals surface area contributed by atoms with E-state index in [0.717, 1.165) is 27.5 Å². The quantitative estimate of drug-likeness (QED) is 0.660. The van der Waals surface area contributed by atoms with Gasteiger partial charge in [-0.2, -0.15) is 0 Å². The lowest BCUT2D eigenvalue weighted by atomic mass is 10.1. The zero-order chi connectivity index (χ0) is 17.6. The molecule has 0 fully saturated rings. The highest BCUT2D eigenvalue weighted by Gasteiger charge is 2.32. The van der Waals surface area contributed by atoms with E-state index in [1.807, 2.05) is 30.5 Å². The lowest BCUT2D eigenvalue weighted by Gasteiger charge is -2.20. The van der Waals surface area contributed by atoms with Crippen LogP contribution in [-0.2, 0) is 16.4 Å². The number of sulfonamides is 1. The number of thiazole rings is 1. The topological polar surface area (TPSA) is 50.3 Å². The van der Waals surface area contributed by atoms with Crippen LogP contribution in [0.5, 0.6) is 0 Å². The molecule has 1 aliphatic heterocycles. The molecule has 0 unspecified atom stereocenters. The largest absolute Gasteiger partial charge is 0.266 e. The zero-order valence-electron chi connectivity index (χ0n) is 13.4. The molecule has 0 aliphatic carbocycles. The summed E-state index contributed by atoms with van der Waals surface area (Å²) in [5, 5.41) is 3.27. The molecule has 0 atom stereocenters. The monoisotopic (exact) mass is 390 g/mol. The van der Waals surface area contributed by atoms with Gasteiger partial charge in [0.2, 0.25) is 0 Å². The van der Waals surface area contributed by atoms with Gasteiger partial charge in [0.15, 0.2) is 0 Å². The number of aryl methyl sites for hydroxylation is 1. The van der Waals surface area contributed by atoms with Crippen molar-refractivity contribution in [2.45, 2.75) is 18.2 Å². The summed E-state index contributed by atoms with van der Waals surface area (Å²) in [5.74, 6) is 0. The summed E-state index contributed by atoms with van der Waals surface area (Å²) in [5.41, 5.74) is 3.67. The third kappa shape index (κ3) is 2.84. The van der Waals surface area contributed by atoms with Gasteiger partial charge in [0.05, 0.1) is 21.4 Å². The van der Waals surface area contributed by atoms with Gasteiger partial charge < -0.3 is 0 Å². The molecular formula is C18H15ClN2O2S2. The van der Waals surface area contributed by atoms with Crippen LogP contribution in [0.15, 0.2) is 52.7 Å². The Morgan fingerprint density at radius 1 is 1.20 bits per heavy atom. The molecule has 0 saturated heterocycles. The maximum absolute atomic E-state index is 13.0. The Labute approximate surface area is 155 Å². The number of fused-ring (bicyclic) bond motifs is 1. The number of nitrogens with zero attached hydrogens (tertiary/aromatic N) is 2. The maximum Gasteiger partial charge on any atom is 0.265 e. The van der Waals surface area contributed by atoms with Crippen molar-refractivity contribution in [3.63, 3.8) is 0 Å². The van der Waals surface area contributed by atoms with E-state index in [9.17, 15) is 8.42 Å². The fourth-order valence-corrected chi connectivity index (χ4v) is 5.67. The van der Waals surface area contributed by atoms with Gasteiger partial charge in [-0.25, -0.2) is 13.4 Å². The molecule has 0 saturated carbocycles. The van der Waals surface area contributed by atoms with Crippen LogP contribution < -0.4 is 4.31 Å². The molecule has 25 heavy (non-hydrogen) atoms. The van der Waals surface area contributed by atoms with E-state index in [0.29, 0.717) is 13.0 Å². The summed E-state index contributed by atoms with van der Waals surface area (Å²) >= 11 is 7.71. The van der Waals surface area contributed by atoms with Crippen LogP contribution in [0, 0.1) is 6.92 Å². The van der Waals surface area contributed by atoms with Crippen LogP contribution in [0.1, 0.15) is 10.6 Å². The third-order valence-corrected chi connectivity index (χ3v) is 7.34. The normalized spacial score (nSPS) is 13.9. The Bertz CT molecular complexity index is 1060. The minimum Gasteiger partial charge on any atom is -0.266 e. The van der Waals surface area contributed by atoms with Crippen molar-refractivity contribution in [1.29, 1.82) is 0 Å². The minimum atomic E-state index is -3.67. The minimum absolute atomic E-state index is 0.142. The first kappa shape index (κ1) is 16.6. The summed E-state index contributed by atoms with van der Waals surface area (Å²) in [7, 11) is -3.67. The molecule has 0 amide bonds.